The first kappa shape index (κ1) is 20.3. The minimum absolute atomic E-state index is 0.126. The number of ether oxygens (including phenoxy) is 2. The van der Waals surface area contributed by atoms with Gasteiger partial charge in [0.2, 0.25) is 5.91 Å². The van der Waals surface area contributed by atoms with Gasteiger partial charge in [-0.2, -0.15) is 0 Å². The van der Waals surface area contributed by atoms with Crippen molar-refractivity contribution in [1.82, 2.24) is 0 Å². The average molecular weight is 415 g/mol. The average Bonchev–Trinajstić information content (AvgIpc) is 3.08. The number of rotatable bonds is 7. The lowest BCUT2D eigenvalue weighted by Gasteiger charge is -2.11. The molecule has 29 heavy (non-hydrogen) atoms. The Balaban J connectivity index is 1.66. The first-order valence-corrected chi connectivity index (χ1v) is 9.35. The molecule has 3 rings (SSSR count). The summed E-state index contributed by atoms with van der Waals surface area (Å²) in [5, 5.41) is 13.4. The van der Waals surface area contributed by atoms with Crippen LogP contribution in [-0.2, 0) is 9.59 Å². The number of aliphatic imine (C=N–C) groups is 1. The third-order valence-corrected chi connectivity index (χ3v) is 5.32. The van der Waals surface area contributed by atoms with Crippen molar-refractivity contribution in [1.29, 1.82) is 0 Å². The van der Waals surface area contributed by atoms with Crippen molar-refractivity contribution in [3.63, 3.8) is 0 Å². The zero-order valence-electron chi connectivity index (χ0n) is 15.6. The zero-order chi connectivity index (χ0) is 21.0. The van der Waals surface area contributed by atoms with Crippen LogP contribution < -0.4 is 14.8 Å². The van der Waals surface area contributed by atoms with Crippen LogP contribution in [0.25, 0.3) is 0 Å². The molecule has 0 bridgehead atoms. The summed E-state index contributed by atoms with van der Waals surface area (Å²) in [6.07, 6.45) is -0.126. The maximum Gasteiger partial charge on any atom is 0.271 e. The smallest absolute Gasteiger partial charge is 0.271 e. The molecule has 0 aliphatic carbocycles. The molecule has 0 unspecified atom stereocenters. The van der Waals surface area contributed by atoms with Gasteiger partial charge < -0.3 is 14.8 Å². The topological polar surface area (TPSA) is 120 Å². The predicted molar refractivity (Wildman–Crippen MR) is 109 cm³/mol. The van der Waals surface area contributed by atoms with E-state index in [2.05, 4.69) is 10.3 Å². The summed E-state index contributed by atoms with van der Waals surface area (Å²) in [5.74, 6) is 0.0952. The van der Waals surface area contributed by atoms with E-state index in [0.717, 1.165) is 5.56 Å². The Kier molecular flexibility index (Phi) is 6.13. The highest BCUT2D eigenvalue weighted by atomic mass is 32.2. The molecule has 1 N–H and O–H groups in total. The lowest BCUT2D eigenvalue weighted by Crippen LogP contribution is -2.21. The van der Waals surface area contributed by atoms with E-state index in [4.69, 9.17) is 9.47 Å². The lowest BCUT2D eigenvalue weighted by molar-refractivity contribution is -0.384. The predicted octanol–water partition coefficient (Wildman–Crippen LogP) is 3.03. The molecule has 0 spiro atoms. The number of non-ortho nitro benzene ring substituents is 1. The molecule has 0 saturated heterocycles. The molecule has 0 aromatic heterocycles. The number of nitrogens with zero attached hydrogens (tertiary/aromatic N) is 2. The van der Waals surface area contributed by atoms with Gasteiger partial charge in [0.25, 0.3) is 11.6 Å². The van der Waals surface area contributed by atoms with Crippen molar-refractivity contribution < 1.29 is 24.0 Å². The maximum atomic E-state index is 12.4. The van der Waals surface area contributed by atoms with Crippen LogP contribution in [0.15, 0.2) is 47.5 Å². The van der Waals surface area contributed by atoms with Gasteiger partial charge in [0.05, 0.1) is 24.8 Å². The molecule has 1 aliphatic heterocycles. The minimum atomic E-state index is -0.670. The van der Waals surface area contributed by atoms with E-state index in [0.29, 0.717) is 10.8 Å². The van der Waals surface area contributed by atoms with E-state index in [9.17, 15) is 19.7 Å². The number of thioether (sulfide) groups is 1. The molecule has 1 atom stereocenters. The maximum absolute atomic E-state index is 12.4. The molecular formula is C19H17N3O6S. The molecule has 9 nitrogen and oxygen atoms in total. The molecule has 2 aromatic carbocycles. The second-order valence-corrected chi connectivity index (χ2v) is 7.18. The second kappa shape index (κ2) is 8.74. The monoisotopic (exact) mass is 415 g/mol. The fraction of sp³-hybridized carbons (Fsp3) is 0.211. The largest absolute Gasteiger partial charge is 0.497 e. The number of hydrogen-bond donors (Lipinski definition) is 1. The zero-order valence-corrected chi connectivity index (χ0v) is 16.4. The molecule has 150 valence electrons. The van der Waals surface area contributed by atoms with Crippen LogP contribution in [0.3, 0.4) is 0 Å². The number of nitro groups is 1. The van der Waals surface area contributed by atoms with Gasteiger partial charge in [-0.25, -0.2) is 4.99 Å². The Morgan fingerprint density at radius 1 is 1.21 bits per heavy atom. The van der Waals surface area contributed by atoms with E-state index in [1.165, 1.54) is 37.1 Å². The number of nitro benzene ring substituents is 1. The molecule has 1 heterocycles. The molecular weight excluding hydrogens is 398 g/mol. The standard InChI is InChI=1S/C19H17N3O6S/c1-27-13-6-3-11(4-7-13)19-21-18(24)16(29-19)10-17(23)20-14-9-12(22(25)26)5-8-15(14)28-2/h3-9,16H,10H2,1-2H3,(H,20,23)/t16-/m1/s1. The van der Waals surface area contributed by atoms with Crippen molar-refractivity contribution in [3.05, 3.63) is 58.1 Å². The van der Waals surface area contributed by atoms with E-state index >= 15 is 0 Å². The van der Waals surface area contributed by atoms with Crippen LogP contribution in [0.1, 0.15) is 12.0 Å². The minimum Gasteiger partial charge on any atom is -0.497 e. The molecule has 10 heteroatoms. The number of methoxy groups -OCH3 is 2. The summed E-state index contributed by atoms with van der Waals surface area (Å²) >= 11 is 1.20. The Bertz CT molecular complexity index is 990. The van der Waals surface area contributed by atoms with Crippen molar-refractivity contribution in [2.75, 3.05) is 19.5 Å². The van der Waals surface area contributed by atoms with Gasteiger partial charge in [0, 0.05) is 24.1 Å². The Morgan fingerprint density at radius 3 is 2.55 bits per heavy atom. The molecule has 0 fully saturated rings. The van der Waals surface area contributed by atoms with Gasteiger partial charge in [-0.3, -0.25) is 19.7 Å². The summed E-state index contributed by atoms with van der Waals surface area (Å²) in [4.78, 5) is 39.0. The highest BCUT2D eigenvalue weighted by molar-refractivity contribution is 8.16. The summed E-state index contributed by atoms with van der Waals surface area (Å²) in [6, 6.07) is 11.0. The van der Waals surface area contributed by atoms with Crippen molar-refractivity contribution in [3.8, 4) is 11.5 Å². The number of carbonyl (C=O) groups is 2. The fourth-order valence-corrected chi connectivity index (χ4v) is 3.73. The number of hydrogen-bond acceptors (Lipinski definition) is 7. The molecule has 1 aliphatic rings. The van der Waals surface area contributed by atoms with Gasteiger partial charge in [0.1, 0.15) is 21.8 Å². The molecule has 2 aromatic rings. The van der Waals surface area contributed by atoms with Gasteiger partial charge in [0.15, 0.2) is 0 Å². The van der Waals surface area contributed by atoms with Crippen LogP contribution in [0, 0.1) is 10.1 Å². The summed E-state index contributed by atoms with van der Waals surface area (Å²) < 4.78 is 10.2. The SMILES string of the molecule is COc1ccc(C2=NC(=O)[C@@H](CC(=O)Nc3cc([N+](=O)[O-])ccc3OC)S2)cc1. The summed E-state index contributed by atoms with van der Waals surface area (Å²) in [5.41, 5.74) is 0.739. The van der Waals surface area contributed by atoms with E-state index in [1.807, 2.05) is 0 Å². The quantitative estimate of drug-likeness (QED) is 0.545. The van der Waals surface area contributed by atoms with Gasteiger partial charge in [-0.15, -0.1) is 0 Å². The van der Waals surface area contributed by atoms with Crippen molar-refractivity contribution in [2.24, 2.45) is 4.99 Å². The fourth-order valence-electron chi connectivity index (χ4n) is 2.66. The number of amides is 2. The van der Waals surface area contributed by atoms with Crippen molar-refractivity contribution in [2.45, 2.75) is 11.7 Å². The third-order valence-electron chi connectivity index (χ3n) is 4.12. The van der Waals surface area contributed by atoms with Crippen LogP contribution in [-0.4, -0.2) is 41.3 Å². The van der Waals surface area contributed by atoms with Crippen LogP contribution in [0.2, 0.25) is 0 Å². The first-order chi connectivity index (χ1) is 13.9. The van der Waals surface area contributed by atoms with E-state index in [1.54, 1.807) is 31.4 Å². The van der Waals surface area contributed by atoms with E-state index < -0.39 is 22.0 Å². The van der Waals surface area contributed by atoms with Crippen LogP contribution in [0.4, 0.5) is 11.4 Å². The lowest BCUT2D eigenvalue weighted by atomic mass is 10.2. The van der Waals surface area contributed by atoms with Gasteiger partial charge >= 0.3 is 0 Å². The Hall–Kier alpha value is -3.40. The number of benzene rings is 2. The van der Waals surface area contributed by atoms with Crippen LogP contribution in [0.5, 0.6) is 11.5 Å². The van der Waals surface area contributed by atoms with Crippen molar-refractivity contribution >= 4 is 40.0 Å². The molecule has 0 saturated carbocycles. The Labute approximate surface area is 170 Å². The summed E-state index contributed by atoms with van der Waals surface area (Å²) in [6.45, 7) is 0. The number of nitrogens with one attached hydrogen (secondary N) is 1. The normalized spacial score (nSPS) is 15.6. The second-order valence-electron chi connectivity index (χ2n) is 5.98. The number of anilines is 1. The third kappa shape index (κ3) is 4.72. The highest BCUT2D eigenvalue weighted by Crippen LogP contribution is 2.32. The molecule has 2 amide bonds. The molecule has 0 radical (unpaired) electrons. The first-order valence-electron chi connectivity index (χ1n) is 8.47. The Morgan fingerprint density at radius 2 is 1.93 bits per heavy atom. The van der Waals surface area contributed by atoms with Crippen LogP contribution >= 0.6 is 11.8 Å². The number of carbonyl (C=O) groups excluding carboxylic acids is 2. The highest BCUT2D eigenvalue weighted by Gasteiger charge is 2.31. The van der Waals surface area contributed by atoms with Gasteiger partial charge in [-0.05, 0) is 30.3 Å². The van der Waals surface area contributed by atoms with E-state index in [-0.39, 0.29) is 23.5 Å². The summed E-state index contributed by atoms with van der Waals surface area (Å²) in [7, 11) is 2.95. The van der Waals surface area contributed by atoms with Gasteiger partial charge in [-0.1, -0.05) is 11.8 Å².